The third-order valence-electron chi connectivity index (χ3n) is 3.75. The third kappa shape index (κ3) is 4.14. The Morgan fingerprint density at radius 1 is 1.40 bits per heavy atom. The Hall–Kier alpha value is 1.14. The minimum Gasteiger partial charge on any atom is -0.674 e. The molecule has 0 spiro atoms. The molecule has 0 aromatic heterocycles. The van der Waals surface area contributed by atoms with Gasteiger partial charge in [0.05, 0.1) is 0 Å². The molecule has 1 radical (unpaired) electrons. The van der Waals surface area contributed by atoms with E-state index in [-0.39, 0.29) is 50.1 Å². The van der Waals surface area contributed by atoms with Crippen LogP contribution in [-0.4, -0.2) is 6.04 Å². The summed E-state index contributed by atoms with van der Waals surface area (Å²) in [5.74, 6) is 1.79. The summed E-state index contributed by atoms with van der Waals surface area (Å²) in [6, 6.07) is 0.123. The maximum Gasteiger partial charge on any atom is 0 e. The van der Waals surface area contributed by atoms with E-state index in [1.165, 1.54) is 12.0 Å². The van der Waals surface area contributed by atoms with Crippen molar-refractivity contribution in [2.45, 2.75) is 53.0 Å². The molecule has 1 nitrogen and oxygen atoms in total. The van der Waals surface area contributed by atoms with Gasteiger partial charge in [0.15, 0.2) is 0 Å². The van der Waals surface area contributed by atoms with E-state index in [1.807, 2.05) is 0 Å². The van der Waals surface area contributed by atoms with Crippen molar-refractivity contribution in [3.05, 3.63) is 17.4 Å². The molecule has 1 unspecified atom stereocenters. The van der Waals surface area contributed by atoms with Crippen molar-refractivity contribution in [2.24, 2.45) is 17.8 Å². The van der Waals surface area contributed by atoms with Crippen molar-refractivity contribution in [1.82, 2.24) is 0 Å². The second-order valence-corrected chi connectivity index (χ2v) is 4.87. The molecule has 0 fully saturated rings. The van der Waals surface area contributed by atoms with Gasteiger partial charge in [-0.3, -0.25) is 0 Å². The van der Waals surface area contributed by atoms with Crippen LogP contribution in [0.1, 0.15) is 47.0 Å². The van der Waals surface area contributed by atoms with Gasteiger partial charge >= 0.3 is 0 Å². The first-order chi connectivity index (χ1) is 6.60. The van der Waals surface area contributed by atoms with Gasteiger partial charge in [-0.05, 0) is 25.2 Å². The molecule has 0 amide bonds. The third-order valence-corrected chi connectivity index (χ3v) is 3.75. The summed E-state index contributed by atoms with van der Waals surface area (Å²) >= 11 is 0. The van der Waals surface area contributed by atoms with Crippen LogP contribution in [0.5, 0.6) is 0 Å². The number of hydrogen-bond acceptors (Lipinski definition) is 0. The average Bonchev–Trinajstić information content (AvgIpc) is 2.47. The molecule has 1 aliphatic carbocycles. The number of rotatable bonds is 4. The molecule has 0 bridgehead atoms. The fourth-order valence-electron chi connectivity index (χ4n) is 2.77. The van der Waals surface area contributed by atoms with Gasteiger partial charge in [-0.25, -0.2) is 0 Å². The normalized spacial score (nSPS) is 27.5. The topological polar surface area (TPSA) is 23.8 Å². The van der Waals surface area contributed by atoms with E-state index in [9.17, 15) is 0 Å². The van der Waals surface area contributed by atoms with Crippen molar-refractivity contribution >= 4 is 0 Å². The second kappa shape index (κ2) is 7.46. The van der Waals surface area contributed by atoms with Crippen LogP contribution in [0.3, 0.4) is 0 Å². The summed E-state index contributed by atoms with van der Waals surface area (Å²) in [7, 11) is 0. The maximum absolute atomic E-state index is 8.30. The molecule has 0 aromatic rings. The molecule has 0 aliphatic heterocycles. The Bertz CT molecular complexity index is 209. The van der Waals surface area contributed by atoms with Crippen molar-refractivity contribution < 1.29 is 44.1 Å². The van der Waals surface area contributed by atoms with Gasteiger partial charge < -0.3 is 5.73 Å². The van der Waals surface area contributed by atoms with Crippen molar-refractivity contribution in [1.29, 1.82) is 0 Å². The first-order valence-corrected chi connectivity index (χ1v) is 5.98. The minimum absolute atomic E-state index is 0. The number of nitrogens with one attached hydrogen (secondary N) is 1. The smallest absolute Gasteiger partial charge is 0 e. The van der Waals surface area contributed by atoms with Crippen LogP contribution >= 0.6 is 0 Å². The van der Waals surface area contributed by atoms with Crippen LogP contribution in [0.25, 0.3) is 5.73 Å². The molecule has 0 saturated carbocycles. The zero-order valence-corrected chi connectivity index (χ0v) is 15.3. The summed E-state index contributed by atoms with van der Waals surface area (Å²) in [6.45, 7) is 8.93. The molecule has 15 heavy (non-hydrogen) atoms. The molecular formula is C13H24AcN-. The van der Waals surface area contributed by atoms with Gasteiger partial charge in [0.25, 0.3) is 0 Å². The van der Waals surface area contributed by atoms with Crippen LogP contribution in [0, 0.1) is 61.8 Å². The van der Waals surface area contributed by atoms with Crippen LogP contribution in [0.15, 0.2) is 11.6 Å². The number of hydrogen-bond donors (Lipinski definition) is 0. The van der Waals surface area contributed by atoms with Crippen LogP contribution in [0.4, 0.5) is 0 Å². The molecular weight excluding hydrogens is 397 g/mol. The van der Waals surface area contributed by atoms with E-state index < -0.39 is 0 Å². The number of allylic oxidation sites excluding steroid dienone is 1. The van der Waals surface area contributed by atoms with Crippen molar-refractivity contribution in [2.75, 3.05) is 0 Å². The summed E-state index contributed by atoms with van der Waals surface area (Å²) in [5.41, 5.74) is 9.79. The zero-order valence-electron chi connectivity index (χ0n) is 10.6. The van der Waals surface area contributed by atoms with E-state index in [1.54, 1.807) is 0 Å². The first kappa shape index (κ1) is 16.1. The van der Waals surface area contributed by atoms with Gasteiger partial charge in [0.2, 0.25) is 0 Å². The average molecular weight is 421 g/mol. The molecule has 3 atom stereocenters. The summed E-state index contributed by atoms with van der Waals surface area (Å²) < 4.78 is 0. The maximum atomic E-state index is 8.30. The molecule has 1 aliphatic rings. The molecule has 0 saturated heterocycles. The van der Waals surface area contributed by atoms with Crippen LogP contribution in [0.2, 0.25) is 0 Å². The van der Waals surface area contributed by atoms with E-state index in [0.29, 0.717) is 17.8 Å². The molecule has 85 valence electrons. The fraction of sp³-hybridized carbons (Fsp3) is 0.846. The van der Waals surface area contributed by atoms with E-state index in [4.69, 9.17) is 5.73 Å². The second-order valence-electron chi connectivity index (χ2n) is 4.87. The largest absolute Gasteiger partial charge is 0.674 e. The Labute approximate surface area is 131 Å². The van der Waals surface area contributed by atoms with E-state index >= 15 is 0 Å². The molecule has 2 heteroatoms. The van der Waals surface area contributed by atoms with Gasteiger partial charge in [-0.15, -0.1) is 6.04 Å². The summed E-state index contributed by atoms with van der Waals surface area (Å²) in [4.78, 5) is 0. The van der Waals surface area contributed by atoms with E-state index in [0.717, 1.165) is 12.8 Å². The Kier molecular flexibility index (Phi) is 8.03. The SMILES string of the molecule is CCC(CC)C([NH-])[C@@H]1C=C(C)C[C@H]1C.[Ac]. The Balaban J connectivity index is 0.00000196. The Morgan fingerprint density at radius 3 is 2.27 bits per heavy atom. The van der Waals surface area contributed by atoms with Crippen molar-refractivity contribution in [3.63, 3.8) is 0 Å². The fourth-order valence-corrected chi connectivity index (χ4v) is 2.77. The van der Waals surface area contributed by atoms with Crippen LogP contribution < -0.4 is 0 Å². The van der Waals surface area contributed by atoms with Gasteiger partial charge in [0.1, 0.15) is 0 Å². The first-order valence-electron chi connectivity index (χ1n) is 5.98. The van der Waals surface area contributed by atoms with Crippen LogP contribution in [-0.2, 0) is 0 Å². The summed E-state index contributed by atoms with van der Waals surface area (Å²) in [6.07, 6.45) is 5.86. The Morgan fingerprint density at radius 2 is 1.93 bits per heavy atom. The van der Waals surface area contributed by atoms with Gasteiger partial charge in [-0.2, -0.15) is 0 Å². The predicted molar refractivity (Wildman–Crippen MR) is 63.2 cm³/mol. The minimum atomic E-state index is 0. The molecule has 0 heterocycles. The monoisotopic (exact) mass is 421 g/mol. The van der Waals surface area contributed by atoms with E-state index in [2.05, 4.69) is 33.8 Å². The predicted octanol–water partition coefficient (Wildman–Crippen LogP) is 4.45. The van der Waals surface area contributed by atoms with Gasteiger partial charge in [0, 0.05) is 44.1 Å². The zero-order chi connectivity index (χ0) is 10.7. The standard InChI is InChI=1S/C13H24N.Ac/c1-5-11(6-2)13(14)12-8-9(3)7-10(12)4;/h8,10-14H,5-7H2,1-4H3;/q-1;/t10-,12-,13?;/m1./s1. The molecule has 0 aromatic carbocycles. The quantitative estimate of drug-likeness (QED) is 0.600. The molecule has 1 N–H and O–H groups in total. The van der Waals surface area contributed by atoms with Crippen molar-refractivity contribution in [3.8, 4) is 0 Å². The van der Waals surface area contributed by atoms with Gasteiger partial charge in [-0.1, -0.05) is 51.2 Å². The summed E-state index contributed by atoms with van der Waals surface area (Å²) in [5, 5.41) is 0. The molecule has 1 rings (SSSR count).